The van der Waals surface area contributed by atoms with Crippen LogP contribution in [0.3, 0.4) is 0 Å². The predicted octanol–water partition coefficient (Wildman–Crippen LogP) is 1.68. The van der Waals surface area contributed by atoms with Crippen LogP contribution in [0, 0.1) is 0 Å². The van der Waals surface area contributed by atoms with E-state index in [4.69, 9.17) is 4.74 Å². The second-order valence-electron chi connectivity index (χ2n) is 5.38. The molecule has 2 rings (SSSR count). The molecule has 1 aliphatic carbocycles. The molecule has 0 N–H and O–H groups in total. The lowest BCUT2D eigenvalue weighted by atomic mass is 9.89. The number of benzene rings is 1. The van der Waals surface area contributed by atoms with Crippen LogP contribution in [0.15, 0.2) is 29.2 Å². The lowest BCUT2D eigenvalue weighted by Gasteiger charge is -2.34. The van der Waals surface area contributed by atoms with E-state index in [2.05, 4.69) is 4.79 Å². The van der Waals surface area contributed by atoms with Crippen molar-refractivity contribution in [3.63, 3.8) is 0 Å². The molecule has 1 aliphatic rings. The van der Waals surface area contributed by atoms with Crippen LogP contribution in [0.4, 0.5) is 0 Å². The average Bonchev–Trinajstić information content (AvgIpc) is 2.56. The minimum absolute atomic E-state index is 0.117. The van der Waals surface area contributed by atoms with Crippen molar-refractivity contribution < 1.29 is 26.7 Å². The van der Waals surface area contributed by atoms with Gasteiger partial charge in [-0.3, -0.25) is 4.21 Å². The van der Waals surface area contributed by atoms with Gasteiger partial charge in [0.25, 0.3) is 9.84 Å². The molecule has 1 aromatic carbocycles. The second-order valence-corrected chi connectivity index (χ2v) is 8.49. The fraction of sp³-hybridized carbons (Fsp3) is 0.500. The Kier molecular flexibility index (Phi) is 5.36. The number of ether oxygens (including phenoxy) is 1. The first-order chi connectivity index (χ1) is 10.9. The fourth-order valence-corrected chi connectivity index (χ4v) is 5.74. The van der Waals surface area contributed by atoms with Gasteiger partial charge in [0.15, 0.2) is 0 Å². The summed E-state index contributed by atoms with van der Waals surface area (Å²) in [6.07, 6.45) is 2.16. The summed E-state index contributed by atoms with van der Waals surface area (Å²) in [7, 11) is -2.87. The molecule has 0 radical (unpaired) electrons. The highest BCUT2D eigenvalue weighted by molar-refractivity contribution is 8.08. The molecule has 0 spiro atoms. The summed E-state index contributed by atoms with van der Waals surface area (Å²) in [6.45, 7) is 0. The van der Waals surface area contributed by atoms with E-state index in [1.54, 1.807) is 6.07 Å². The maximum Gasteiger partial charge on any atom is 0.403 e. The van der Waals surface area contributed by atoms with Gasteiger partial charge in [0.2, 0.25) is 0 Å². The predicted molar refractivity (Wildman–Crippen MR) is 83.5 cm³/mol. The van der Waals surface area contributed by atoms with Gasteiger partial charge in [-0.2, -0.15) is 4.79 Å². The highest BCUT2D eigenvalue weighted by atomic mass is 32.2. The first-order valence-corrected chi connectivity index (χ1v) is 9.65. The third-order valence-electron chi connectivity index (χ3n) is 4.07. The van der Waals surface area contributed by atoms with Crippen molar-refractivity contribution in [2.45, 2.75) is 41.7 Å². The Hall–Kier alpha value is -1.54. The van der Waals surface area contributed by atoms with E-state index in [9.17, 15) is 22.7 Å². The van der Waals surface area contributed by atoms with Gasteiger partial charge in [-0.25, -0.2) is 8.42 Å². The van der Waals surface area contributed by atoms with Crippen LogP contribution in [-0.2, 0) is 20.9 Å². The monoisotopic (exact) mass is 357 g/mol. The molecule has 1 fully saturated rings. The molecular weight excluding hydrogens is 340 g/mol. The van der Waals surface area contributed by atoms with Crippen LogP contribution in [0.1, 0.15) is 32.1 Å². The second kappa shape index (κ2) is 6.92. The highest BCUT2D eigenvalue weighted by Gasteiger charge is 2.52. The third kappa shape index (κ3) is 3.23. The van der Waals surface area contributed by atoms with Gasteiger partial charge in [0.1, 0.15) is 10.5 Å². The maximum atomic E-state index is 12.8. The average molecular weight is 357 g/mol. The van der Waals surface area contributed by atoms with Crippen LogP contribution in [-0.4, -0.2) is 38.9 Å². The Morgan fingerprint density at radius 1 is 1.35 bits per heavy atom. The molecule has 0 aromatic heterocycles. The van der Waals surface area contributed by atoms with Crippen molar-refractivity contribution in [1.29, 1.82) is 0 Å². The van der Waals surface area contributed by atoms with Gasteiger partial charge in [0, 0.05) is 0 Å². The lowest BCUT2D eigenvalue weighted by molar-refractivity contribution is -0.00759. The summed E-state index contributed by atoms with van der Waals surface area (Å²) < 4.78 is 52.5. The number of hydrogen-bond acceptors (Lipinski definition) is 5. The first-order valence-electron chi connectivity index (χ1n) is 7.09. The van der Waals surface area contributed by atoms with E-state index < -0.39 is 30.7 Å². The maximum absolute atomic E-state index is 12.8. The summed E-state index contributed by atoms with van der Waals surface area (Å²) in [4.78, 5) is 2.74. The Labute approximate surface area is 137 Å². The molecule has 1 aromatic rings. The molecule has 0 heterocycles. The van der Waals surface area contributed by atoms with E-state index >= 15 is 0 Å². The Morgan fingerprint density at radius 2 is 2.00 bits per heavy atom. The summed E-state index contributed by atoms with van der Waals surface area (Å²) >= 11 is -2.72. The van der Waals surface area contributed by atoms with Crippen molar-refractivity contribution >= 4 is 26.0 Å². The molecule has 7 nitrogen and oxygen atoms in total. The molecule has 0 aliphatic heterocycles. The van der Waals surface area contributed by atoms with Crippen molar-refractivity contribution in [3.05, 3.63) is 29.8 Å². The zero-order valence-corrected chi connectivity index (χ0v) is 14.2. The standard InChI is InChI=1S/C14H18N2O5S2/c1-21-11-6-5-7-12(10-11)23(19,20)13(16-15)14(22(17)18)8-3-2-4-9-14/h5-7,10H,2-4,8-9H2,1H3,(H,17,18)/p-1. The number of rotatable bonds is 4. The fourth-order valence-electron chi connectivity index (χ4n) is 2.84. The summed E-state index contributed by atoms with van der Waals surface area (Å²) in [5.74, 6) is 0.310. The number of methoxy groups -OCH3 is 1. The van der Waals surface area contributed by atoms with Gasteiger partial charge >= 0.3 is 5.04 Å². The third-order valence-corrected chi connectivity index (χ3v) is 7.29. The molecule has 23 heavy (non-hydrogen) atoms. The highest BCUT2D eigenvalue weighted by Crippen LogP contribution is 2.37. The van der Waals surface area contributed by atoms with Gasteiger partial charge < -0.3 is 14.8 Å². The van der Waals surface area contributed by atoms with Crippen LogP contribution in [0.25, 0.3) is 5.53 Å². The first kappa shape index (κ1) is 17.8. The van der Waals surface area contributed by atoms with Crippen LogP contribution < -0.4 is 4.74 Å². The molecule has 1 saturated carbocycles. The summed E-state index contributed by atoms with van der Waals surface area (Å²) in [5, 5.41) is -0.716. The largest absolute Gasteiger partial charge is 0.771 e. The molecule has 0 amide bonds. The smallest absolute Gasteiger partial charge is 0.403 e. The zero-order valence-electron chi connectivity index (χ0n) is 12.6. The van der Waals surface area contributed by atoms with Gasteiger partial charge in [-0.1, -0.05) is 25.3 Å². The molecule has 9 heteroatoms. The van der Waals surface area contributed by atoms with Crippen molar-refractivity contribution in [3.8, 4) is 5.75 Å². The van der Waals surface area contributed by atoms with Crippen LogP contribution >= 0.6 is 0 Å². The number of nitrogens with zero attached hydrogens (tertiary/aromatic N) is 2. The topological polar surface area (TPSA) is 120 Å². The van der Waals surface area contributed by atoms with Crippen LogP contribution in [0.5, 0.6) is 5.75 Å². The van der Waals surface area contributed by atoms with E-state index in [0.29, 0.717) is 18.6 Å². The van der Waals surface area contributed by atoms with Gasteiger partial charge in [0.05, 0.1) is 12.0 Å². The quantitative estimate of drug-likeness (QED) is 0.267. The zero-order chi connectivity index (χ0) is 17.1. The number of sulfone groups is 1. The Balaban J connectivity index is 2.58. The SMILES string of the molecule is COc1cccc(S(=O)(=O)C(=[N+]=[N-])C2(S(=O)[O-])CCCCC2)c1. The number of hydrogen-bond donors (Lipinski definition) is 0. The normalized spacial score (nSPS) is 18.7. The minimum Gasteiger partial charge on any atom is -0.771 e. The van der Waals surface area contributed by atoms with Crippen molar-refractivity contribution in [1.82, 2.24) is 0 Å². The molecular formula is C14H17N2O5S2-. The van der Waals surface area contributed by atoms with Crippen LogP contribution in [0.2, 0.25) is 0 Å². The van der Waals surface area contributed by atoms with Gasteiger partial charge in [-0.15, -0.1) is 0 Å². The van der Waals surface area contributed by atoms with E-state index in [1.807, 2.05) is 0 Å². The summed E-state index contributed by atoms with van der Waals surface area (Å²) in [5.41, 5.74) is 9.32. The van der Waals surface area contributed by atoms with Crippen molar-refractivity contribution in [2.75, 3.05) is 7.11 Å². The molecule has 126 valence electrons. The minimum atomic E-state index is -4.26. The molecule has 1 unspecified atom stereocenters. The molecule has 0 saturated heterocycles. The van der Waals surface area contributed by atoms with E-state index in [-0.39, 0.29) is 17.7 Å². The van der Waals surface area contributed by atoms with E-state index in [0.717, 1.165) is 6.42 Å². The Bertz CT molecular complexity index is 763. The van der Waals surface area contributed by atoms with Crippen molar-refractivity contribution in [2.24, 2.45) is 0 Å². The van der Waals surface area contributed by atoms with E-state index in [1.165, 1.54) is 25.3 Å². The summed E-state index contributed by atoms with van der Waals surface area (Å²) in [6, 6.07) is 5.62. The lowest BCUT2D eigenvalue weighted by Crippen LogP contribution is -2.48. The molecule has 1 atom stereocenters. The van der Waals surface area contributed by atoms with Gasteiger partial charge in [-0.05, 0) is 42.1 Å². The molecule has 0 bridgehead atoms. The Morgan fingerprint density at radius 3 is 2.52 bits per heavy atom.